The van der Waals surface area contributed by atoms with Gasteiger partial charge in [0.15, 0.2) is 0 Å². The van der Waals surface area contributed by atoms with Crippen molar-refractivity contribution >= 4 is 42.6 Å². The molecule has 0 aliphatic rings. The van der Waals surface area contributed by atoms with Gasteiger partial charge in [-0.3, -0.25) is 18.7 Å². The zero-order chi connectivity index (χ0) is 32.8. The summed E-state index contributed by atoms with van der Waals surface area (Å²) in [6, 6.07) is 23.4. The lowest BCUT2D eigenvalue weighted by atomic mass is 9.99. The number of thiol groups is 1. The fourth-order valence-electron chi connectivity index (χ4n) is 4.03. The number of urea groups is 1. The Hall–Kier alpha value is -4.85. The van der Waals surface area contributed by atoms with Crippen LogP contribution in [-0.4, -0.2) is 53.4 Å². The van der Waals surface area contributed by atoms with Gasteiger partial charge < -0.3 is 20.7 Å². The molecule has 45 heavy (non-hydrogen) atoms. The van der Waals surface area contributed by atoms with Crippen molar-refractivity contribution in [3.8, 4) is 11.1 Å². The second kappa shape index (κ2) is 16.9. The molecule has 0 saturated carbocycles. The molecular formula is C31H31F3N4O6S. The van der Waals surface area contributed by atoms with Crippen LogP contribution in [0.3, 0.4) is 0 Å². The fraction of sp³-hybridized carbons (Fsp3) is 0.258. The summed E-state index contributed by atoms with van der Waals surface area (Å²) in [7, 11) is 0. The van der Waals surface area contributed by atoms with Crippen molar-refractivity contribution in [2.75, 3.05) is 13.1 Å². The molecule has 14 heteroatoms. The van der Waals surface area contributed by atoms with Crippen LogP contribution in [0.25, 0.3) is 11.1 Å². The van der Waals surface area contributed by atoms with Gasteiger partial charge in [-0.05, 0) is 28.7 Å². The standard InChI is InChI=1S/C31H31F3N4O6S/c32-31(33,34)29(42)44-28(41)18-25(24-15-13-23(14-16-24)22-10-5-2-6-11-22)37-27(40)20-35-26(39)12-7-17-38(45)30(43)36-19-21-8-3-1-4-9-21/h1-6,8-11,13-16,25,45H,7,12,17-20H2,(H,35,39)(H,36,43)(H,37,40). The maximum Gasteiger partial charge on any atom is 0.491 e. The monoisotopic (exact) mass is 644 g/mol. The third-order valence-corrected chi connectivity index (χ3v) is 6.69. The van der Waals surface area contributed by atoms with Crippen LogP contribution in [0.2, 0.25) is 0 Å². The number of hydrogen-bond donors (Lipinski definition) is 4. The van der Waals surface area contributed by atoms with E-state index in [2.05, 4.69) is 33.5 Å². The Morgan fingerprint density at radius 3 is 2.02 bits per heavy atom. The Bertz CT molecular complexity index is 1460. The van der Waals surface area contributed by atoms with Crippen LogP contribution < -0.4 is 16.0 Å². The zero-order valence-electron chi connectivity index (χ0n) is 23.9. The van der Waals surface area contributed by atoms with Gasteiger partial charge in [-0.1, -0.05) is 97.7 Å². The quantitative estimate of drug-likeness (QED) is 0.123. The Kier molecular flexibility index (Phi) is 13.0. The Morgan fingerprint density at radius 2 is 1.40 bits per heavy atom. The lowest BCUT2D eigenvalue weighted by molar-refractivity contribution is -0.202. The fourth-order valence-corrected chi connectivity index (χ4v) is 4.24. The first-order valence-corrected chi connectivity index (χ1v) is 14.1. The van der Waals surface area contributed by atoms with Gasteiger partial charge in [0.1, 0.15) is 0 Å². The minimum Gasteiger partial charge on any atom is -0.386 e. The molecule has 3 aromatic rings. The average molecular weight is 645 g/mol. The first kappa shape index (κ1) is 34.6. The molecule has 4 amide bonds. The van der Waals surface area contributed by atoms with Crippen molar-refractivity contribution in [3.63, 3.8) is 0 Å². The normalized spacial score (nSPS) is 11.6. The average Bonchev–Trinajstić information content (AvgIpc) is 3.02. The van der Waals surface area contributed by atoms with E-state index in [0.717, 1.165) is 21.0 Å². The zero-order valence-corrected chi connectivity index (χ0v) is 24.8. The molecule has 0 aromatic heterocycles. The van der Waals surface area contributed by atoms with Gasteiger partial charge in [0.25, 0.3) is 0 Å². The molecule has 0 aliphatic carbocycles. The second-order valence-electron chi connectivity index (χ2n) is 9.72. The number of benzene rings is 3. The highest BCUT2D eigenvalue weighted by Gasteiger charge is 2.42. The highest BCUT2D eigenvalue weighted by atomic mass is 32.1. The first-order valence-electron chi connectivity index (χ1n) is 13.7. The molecule has 0 fully saturated rings. The summed E-state index contributed by atoms with van der Waals surface area (Å²) in [5.74, 6) is -5.41. The molecule has 1 unspecified atom stereocenters. The molecule has 10 nitrogen and oxygen atoms in total. The summed E-state index contributed by atoms with van der Waals surface area (Å²) >= 11 is 4.13. The van der Waals surface area contributed by atoms with Crippen LogP contribution in [0, 0.1) is 0 Å². The summed E-state index contributed by atoms with van der Waals surface area (Å²) in [5, 5.41) is 7.60. The van der Waals surface area contributed by atoms with E-state index in [0.29, 0.717) is 12.1 Å². The van der Waals surface area contributed by atoms with E-state index < -0.39 is 55.0 Å². The molecule has 0 spiro atoms. The van der Waals surface area contributed by atoms with Crippen LogP contribution in [0.1, 0.15) is 36.4 Å². The maximum absolute atomic E-state index is 12.6. The van der Waals surface area contributed by atoms with E-state index in [1.807, 2.05) is 60.7 Å². The lowest BCUT2D eigenvalue weighted by Gasteiger charge is -2.19. The second-order valence-corrected chi connectivity index (χ2v) is 10.2. The van der Waals surface area contributed by atoms with Crippen LogP contribution in [0.5, 0.6) is 0 Å². The van der Waals surface area contributed by atoms with Gasteiger partial charge >= 0.3 is 24.1 Å². The third kappa shape index (κ3) is 12.0. The van der Waals surface area contributed by atoms with Crippen LogP contribution in [0.15, 0.2) is 84.9 Å². The predicted octanol–water partition coefficient (Wildman–Crippen LogP) is 4.49. The summed E-state index contributed by atoms with van der Waals surface area (Å²) in [5.41, 5.74) is 2.95. The number of ether oxygens (including phenoxy) is 1. The van der Waals surface area contributed by atoms with Gasteiger partial charge in [-0.15, -0.1) is 0 Å². The Morgan fingerprint density at radius 1 is 0.800 bits per heavy atom. The van der Waals surface area contributed by atoms with Gasteiger partial charge in [-0.2, -0.15) is 13.2 Å². The van der Waals surface area contributed by atoms with Gasteiger partial charge in [-0.25, -0.2) is 9.59 Å². The van der Waals surface area contributed by atoms with E-state index >= 15 is 0 Å². The largest absolute Gasteiger partial charge is 0.491 e. The van der Waals surface area contributed by atoms with Crippen LogP contribution >= 0.6 is 12.8 Å². The highest BCUT2D eigenvalue weighted by molar-refractivity contribution is 7.78. The molecule has 0 aliphatic heterocycles. The summed E-state index contributed by atoms with van der Waals surface area (Å²) in [6.07, 6.45) is -5.94. The number of rotatable bonds is 13. The molecule has 0 heterocycles. The minimum atomic E-state index is -5.37. The molecule has 3 aromatic carbocycles. The van der Waals surface area contributed by atoms with Crippen molar-refractivity contribution in [3.05, 3.63) is 96.1 Å². The molecule has 1 atom stereocenters. The molecular weight excluding hydrogens is 613 g/mol. The highest BCUT2D eigenvalue weighted by Crippen LogP contribution is 2.24. The molecule has 0 bridgehead atoms. The summed E-state index contributed by atoms with van der Waals surface area (Å²) < 4.78 is 42.7. The summed E-state index contributed by atoms with van der Waals surface area (Å²) in [4.78, 5) is 60.4. The van der Waals surface area contributed by atoms with Crippen molar-refractivity contribution in [2.24, 2.45) is 0 Å². The topological polar surface area (TPSA) is 134 Å². The van der Waals surface area contributed by atoms with Gasteiger partial charge in [0, 0.05) is 19.5 Å². The number of halogens is 3. The van der Waals surface area contributed by atoms with E-state index in [-0.39, 0.29) is 19.4 Å². The van der Waals surface area contributed by atoms with E-state index in [9.17, 15) is 37.1 Å². The number of carbonyl (C=O) groups is 5. The maximum atomic E-state index is 12.6. The molecule has 0 radical (unpaired) electrons. The molecule has 238 valence electrons. The number of alkyl halides is 3. The van der Waals surface area contributed by atoms with Gasteiger partial charge in [0.05, 0.1) is 19.0 Å². The lowest BCUT2D eigenvalue weighted by Crippen LogP contribution is -2.40. The third-order valence-electron chi connectivity index (χ3n) is 6.31. The number of amides is 4. The van der Waals surface area contributed by atoms with Gasteiger partial charge in [0.2, 0.25) is 11.8 Å². The smallest absolute Gasteiger partial charge is 0.386 e. The SMILES string of the molecule is O=C(CCCN(S)C(=O)NCc1ccccc1)NCC(=O)NC(CC(=O)OC(=O)C(F)(F)F)c1ccc(-c2ccccc2)cc1. The first-order chi connectivity index (χ1) is 21.4. The van der Waals surface area contributed by atoms with E-state index in [1.54, 1.807) is 24.3 Å². The molecule has 0 saturated heterocycles. The number of esters is 2. The van der Waals surface area contributed by atoms with Crippen molar-refractivity contribution in [2.45, 2.75) is 38.0 Å². The predicted molar refractivity (Wildman–Crippen MR) is 161 cm³/mol. The number of hydrogen-bond acceptors (Lipinski definition) is 7. The Labute approximate surface area is 262 Å². The number of nitrogens with one attached hydrogen (secondary N) is 3. The molecule has 3 N–H and O–H groups in total. The summed E-state index contributed by atoms with van der Waals surface area (Å²) in [6.45, 7) is -0.0554. The van der Waals surface area contributed by atoms with Crippen molar-refractivity contribution in [1.82, 2.24) is 20.3 Å². The number of carbonyl (C=O) groups excluding carboxylic acids is 5. The number of nitrogens with zero attached hydrogens (tertiary/aromatic N) is 1. The molecule has 3 rings (SSSR count). The van der Waals surface area contributed by atoms with E-state index in [4.69, 9.17) is 0 Å². The van der Waals surface area contributed by atoms with Crippen molar-refractivity contribution in [1.29, 1.82) is 0 Å². The van der Waals surface area contributed by atoms with Crippen LogP contribution in [-0.2, 0) is 30.5 Å². The Balaban J connectivity index is 1.51. The van der Waals surface area contributed by atoms with Crippen molar-refractivity contribution < 1.29 is 41.9 Å². The minimum absolute atomic E-state index is 0.0352. The van der Waals surface area contributed by atoms with Crippen LogP contribution in [0.4, 0.5) is 18.0 Å². The van der Waals surface area contributed by atoms with E-state index in [1.165, 1.54) is 0 Å².